The van der Waals surface area contributed by atoms with Crippen molar-refractivity contribution in [3.8, 4) is 0 Å². The van der Waals surface area contributed by atoms with Gasteiger partial charge in [-0.1, -0.05) is 58.4 Å². The zero-order valence-electron chi connectivity index (χ0n) is 15.8. The molecule has 0 aliphatic heterocycles. The molecule has 0 unspecified atom stereocenters. The van der Waals surface area contributed by atoms with Crippen LogP contribution < -0.4 is 10.6 Å². The summed E-state index contributed by atoms with van der Waals surface area (Å²) >= 11 is 3.44. The summed E-state index contributed by atoms with van der Waals surface area (Å²) in [6.45, 7) is 0. The van der Waals surface area contributed by atoms with E-state index in [1.807, 2.05) is 30.3 Å². The monoisotopic (exact) mass is 460 g/mol. The van der Waals surface area contributed by atoms with Gasteiger partial charge in [-0.3, -0.25) is 14.9 Å². The summed E-state index contributed by atoms with van der Waals surface area (Å²) in [6.07, 6.45) is 0. The third-order valence-electron chi connectivity index (χ3n) is 4.44. The highest BCUT2D eigenvalue weighted by Gasteiger charge is 2.15. The van der Waals surface area contributed by atoms with E-state index in [0.717, 1.165) is 5.56 Å². The van der Waals surface area contributed by atoms with E-state index in [1.54, 1.807) is 48.5 Å². The molecule has 6 nitrogen and oxygen atoms in total. The molecule has 0 fully saturated rings. The van der Waals surface area contributed by atoms with Crippen LogP contribution in [0, 0.1) is 0 Å². The van der Waals surface area contributed by atoms with Gasteiger partial charge in [-0.2, -0.15) is 4.98 Å². The molecule has 3 aromatic carbocycles. The lowest BCUT2D eigenvalue weighted by Gasteiger charge is -2.12. The third kappa shape index (κ3) is 4.36. The standard InChI is InChI=1S/C23H17BrN4O2/c24-14-15-11-12-19-18(13-15)20(26-21(29)16-7-3-1-4-8-16)27-23(25-19)28-22(30)17-9-5-2-6-10-17/h1-13H,14H2,(H2,25,26,27,28,29,30). The first-order chi connectivity index (χ1) is 14.6. The fourth-order valence-corrected chi connectivity index (χ4v) is 3.29. The van der Waals surface area contributed by atoms with Crippen molar-refractivity contribution in [2.75, 3.05) is 10.6 Å². The second-order valence-corrected chi connectivity index (χ2v) is 7.08. The van der Waals surface area contributed by atoms with Gasteiger partial charge < -0.3 is 5.32 Å². The summed E-state index contributed by atoms with van der Waals surface area (Å²) in [4.78, 5) is 34.1. The lowest BCUT2D eigenvalue weighted by molar-refractivity contribution is 0.101. The van der Waals surface area contributed by atoms with E-state index in [2.05, 4.69) is 36.5 Å². The molecule has 0 spiro atoms. The van der Waals surface area contributed by atoms with Crippen LogP contribution in [-0.4, -0.2) is 21.8 Å². The fourth-order valence-electron chi connectivity index (χ4n) is 2.94. The molecule has 2 N–H and O–H groups in total. The Morgan fingerprint density at radius 1 is 0.767 bits per heavy atom. The number of benzene rings is 3. The molecule has 0 radical (unpaired) electrons. The van der Waals surface area contributed by atoms with Gasteiger partial charge >= 0.3 is 0 Å². The number of halogens is 1. The fraction of sp³-hybridized carbons (Fsp3) is 0.0435. The highest BCUT2D eigenvalue weighted by molar-refractivity contribution is 9.08. The zero-order valence-corrected chi connectivity index (χ0v) is 17.4. The summed E-state index contributed by atoms with van der Waals surface area (Å²) in [5.74, 6) is -0.168. The van der Waals surface area contributed by atoms with Crippen LogP contribution in [0.1, 0.15) is 26.3 Å². The van der Waals surface area contributed by atoms with Gasteiger partial charge in [-0.15, -0.1) is 0 Å². The number of hydrogen-bond acceptors (Lipinski definition) is 4. The van der Waals surface area contributed by atoms with E-state index in [-0.39, 0.29) is 17.8 Å². The minimum absolute atomic E-state index is 0.117. The smallest absolute Gasteiger partial charge is 0.258 e. The Morgan fingerprint density at radius 3 is 1.97 bits per heavy atom. The number of nitrogens with zero attached hydrogens (tertiary/aromatic N) is 2. The van der Waals surface area contributed by atoms with E-state index in [9.17, 15) is 9.59 Å². The second kappa shape index (κ2) is 8.84. The SMILES string of the molecule is O=C(Nc1nc(NC(=O)c2ccccc2)c2cc(CBr)ccc2n1)c1ccccc1. The van der Waals surface area contributed by atoms with Crippen molar-refractivity contribution in [1.29, 1.82) is 0 Å². The third-order valence-corrected chi connectivity index (χ3v) is 5.09. The summed E-state index contributed by atoms with van der Waals surface area (Å²) in [7, 11) is 0. The number of amides is 2. The maximum absolute atomic E-state index is 12.7. The average Bonchev–Trinajstić information content (AvgIpc) is 2.80. The van der Waals surface area contributed by atoms with Crippen LogP contribution in [0.4, 0.5) is 11.8 Å². The number of carbonyl (C=O) groups is 2. The van der Waals surface area contributed by atoms with E-state index >= 15 is 0 Å². The second-order valence-electron chi connectivity index (χ2n) is 6.52. The van der Waals surface area contributed by atoms with Gasteiger partial charge in [0, 0.05) is 21.8 Å². The van der Waals surface area contributed by atoms with Crippen LogP contribution >= 0.6 is 15.9 Å². The van der Waals surface area contributed by atoms with Crippen LogP contribution in [0.3, 0.4) is 0 Å². The van der Waals surface area contributed by atoms with Gasteiger partial charge in [0.25, 0.3) is 11.8 Å². The molecule has 0 saturated heterocycles. The number of anilines is 2. The quantitative estimate of drug-likeness (QED) is 0.409. The van der Waals surface area contributed by atoms with E-state index in [4.69, 9.17) is 0 Å². The molecule has 7 heteroatoms. The molecule has 4 aromatic rings. The van der Waals surface area contributed by atoms with E-state index in [0.29, 0.717) is 33.2 Å². The Hall–Kier alpha value is -3.58. The summed E-state index contributed by atoms with van der Waals surface area (Å²) < 4.78 is 0. The lowest BCUT2D eigenvalue weighted by Crippen LogP contribution is -2.17. The molecule has 148 valence electrons. The molecule has 1 aromatic heterocycles. The minimum Gasteiger partial charge on any atom is -0.306 e. The van der Waals surface area contributed by atoms with E-state index < -0.39 is 0 Å². The molecule has 4 rings (SSSR count). The van der Waals surface area contributed by atoms with Crippen LogP contribution in [0.25, 0.3) is 10.9 Å². The largest absolute Gasteiger partial charge is 0.306 e. The lowest BCUT2D eigenvalue weighted by atomic mass is 10.1. The van der Waals surface area contributed by atoms with Gasteiger partial charge in [0.1, 0.15) is 5.82 Å². The number of rotatable bonds is 5. The van der Waals surface area contributed by atoms with Gasteiger partial charge in [0.2, 0.25) is 5.95 Å². The average molecular weight is 461 g/mol. The van der Waals surface area contributed by atoms with Gasteiger partial charge in [-0.05, 0) is 42.0 Å². The molecule has 1 heterocycles. The van der Waals surface area contributed by atoms with Crippen molar-refractivity contribution in [2.24, 2.45) is 0 Å². The molecule has 0 atom stereocenters. The first-order valence-electron chi connectivity index (χ1n) is 9.23. The molecule has 0 aliphatic rings. The Balaban J connectivity index is 1.72. The van der Waals surface area contributed by atoms with E-state index in [1.165, 1.54) is 0 Å². The highest BCUT2D eigenvalue weighted by Crippen LogP contribution is 2.25. The first kappa shape index (κ1) is 19.7. The topological polar surface area (TPSA) is 84.0 Å². The van der Waals surface area contributed by atoms with Crippen molar-refractivity contribution in [2.45, 2.75) is 5.33 Å². The van der Waals surface area contributed by atoms with Crippen LogP contribution in [0.5, 0.6) is 0 Å². The van der Waals surface area contributed by atoms with Gasteiger partial charge in [0.15, 0.2) is 0 Å². The predicted molar refractivity (Wildman–Crippen MR) is 121 cm³/mol. The van der Waals surface area contributed by atoms with Crippen LogP contribution in [0.2, 0.25) is 0 Å². The van der Waals surface area contributed by atoms with Crippen molar-refractivity contribution >= 4 is 50.4 Å². The molecule has 0 aliphatic carbocycles. The number of fused-ring (bicyclic) bond motifs is 1. The number of carbonyl (C=O) groups excluding carboxylic acids is 2. The highest BCUT2D eigenvalue weighted by atomic mass is 79.9. The Morgan fingerprint density at radius 2 is 1.37 bits per heavy atom. The summed E-state index contributed by atoms with van der Waals surface area (Å²) in [6, 6.07) is 23.4. The normalized spacial score (nSPS) is 10.6. The van der Waals surface area contributed by atoms with Crippen molar-refractivity contribution in [3.05, 3.63) is 95.6 Å². The Labute approximate surface area is 181 Å². The Bertz CT molecular complexity index is 1210. The number of alkyl halides is 1. The summed E-state index contributed by atoms with van der Waals surface area (Å²) in [5.41, 5.74) is 2.63. The molecular formula is C23H17BrN4O2. The molecule has 30 heavy (non-hydrogen) atoms. The number of hydrogen-bond donors (Lipinski definition) is 2. The van der Waals surface area contributed by atoms with Gasteiger partial charge in [0.05, 0.1) is 5.52 Å². The van der Waals surface area contributed by atoms with Crippen molar-refractivity contribution in [1.82, 2.24) is 9.97 Å². The maximum atomic E-state index is 12.7. The van der Waals surface area contributed by atoms with Crippen molar-refractivity contribution < 1.29 is 9.59 Å². The molecular weight excluding hydrogens is 444 g/mol. The summed E-state index contributed by atoms with van der Waals surface area (Å²) in [5, 5.41) is 6.90. The Kier molecular flexibility index (Phi) is 5.81. The van der Waals surface area contributed by atoms with Crippen LogP contribution in [0.15, 0.2) is 78.9 Å². The number of aromatic nitrogens is 2. The van der Waals surface area contributed by atoms with Crippen LogP contribution in [-0.2, 0) is 5.33 Å². The first-order valence-corrected chi connectivity index (χ1v) is 10.4. The van der Waals surface area contributed by atoms with Crippen molar-refractivity contribution in [3.63, 3.8) is 0 Å². The predicted octanol–water partition coefficient (Wildman–Crippen LogP) is 5.03. The minimum atomic E-state index is -0.327. The molecule has 0 saturated carbocycles. The van der Waals surface area contributed by atoms with Gasteiger partial charge in [-0.25, -0.2) is 4.98 Å². The number of nitrogens with one attached hydrogen (secondary N) is 2. The molecule has 0 bridgehead atoms. The maximum Gasteiger partial charge on any atom is 0.258 e. The zero-order chi connectivity index (χ0) is 20.9. The molecule has 2 amide bonds.